The maximum absolute atomic E-state index is 10.1. The molecule has 1 aromatic carbocycles. The van der Waals surface area contributed by atoms with E-state index in [4.69, 9.17) is 4.74 Å². The highest BCUT2D eigenvalue weighted by Gasteiger charge is 2.12. The second kappa shape index (κ2) is 6.54. The first-order chi connectivity index (χ1) is 7.67. The largest absolute Gasteiger partial charge is 0.497 e. The molecule has 2 heteroatoms. The lowest BCUT2D eigenvalue weighted by Crippen LogP contribution is -2.04. The molecule has 0 spiro atoms. The number of methoxy groups -OCH3 is 1. The molecule has 2 atom stereocenters. The summed E-state index contributed by atoms with van der Waals surface area (Å²) in [4.78, 5) is 0. The quantitative estimate of drug-likeness (QED) is 0.797. The third-order valence-electron chi connectivity index (χ3n) is 2.89. The Kier molecular flexibility index (Phi) is 5.33. The fraction of sp³-hybridized carbons (Fsp3) is 0.571. The topological polar surface area (TPSA) is 29.5 Å². The number of aliphatic hydroxyl groups excluding tert-OH is 1. The van der Waals surface area contributed by atoms with Crippen LogP contribution in [0.1, 0.15) is 44.8 Å². The standard InChI is InChI=1S/C14H22O2/c1-4-6-11(2)9-14(15)12-7-5-8-13(10-12)16-3/h5,7-8,10-11,14-15H,4,6,9H2,1-3H3. The SMILES string of the molecule is CCCC(C)CC(O)c1cccc(OC)c1. The van der Waals surface area contributed by atoms with Crippen molar-refractivity contribution in [3.8, 4) is 5.75 Å². The molecule has 90 valence electrons. The van der Waals surface area contributed by atoms with E-state index in [1.165, 1.54) is 12.8 Å². The van der Waals surface area contributed by atoms with Gasteiger partial charge in [0.1, 0.15) is 5.75 Å². The van der Waals surface area contributed by atoms with Gasteiger partial charge in [-0.05, 0) is 30.0 Å². The van der Waals surface area contributed by atoms with Crippen LogP contribution in [0.3, 0.4) is 0 Å². The van der Waals surface area contributed by atoms with E-state index in [9.17, 15) is 5.11 Å². The Bertz CT molecular complexity index is 309. The molecule has 0 aliphatic heterocycles. The number of hydrogen-bond donors (Lipinski definition) is 1. The Labute approximate surface area is 98.3 Å². The summed E-state index contributed by atoms with van der Waals surface area (Å²) < 4.78 is 5.15. The van der Waals surface area contributed by atoms with Gasteiger partial charge in [-0.2, -0.15) is 0 Å². The number of benzene rings is 1. The van der Waals surface area contributed by atoms with Crippen LogP contribution in [-0.4, -0.2) is 12.2 Å². The summed E-state index contributed by atoms with van der Waals surface area (Å²) in [7, 11) is 1.64. The molecular weight excluding hydrogens is 200 g/mol. The van der Waals surface area contributed by atoms with Crippen molar-refractivity contribution in [1.29, 1.82) is 0 Å². The number of ether oxygens (including phenoxy) is 1. The summed E-state index contributed by atoms with van der Waals surface area (Å²) in [6.07, 6.45) is 2.78. The molecule has 0 radical (unpaired) electrons. The van der Waals surface area contributed by atoms with Gasteiger partial charge in [-0.15, -0.1) is 0 Å². The van der Waals surface area contributed by atoms with Crippen molar-refractivity contribution in [3.63, 3.8) is 0 Å². The Hall–Kier alpha value is -1.02. The maximum Gasteiger partial charge on any atom is 0.119 e. The lowest BCUT2D eigenvalue weighted by molar-refractivity contribution is 0.145. The Morgan fingerprint density at radius 3 is 2.75 bits per heavy atom. The van der Waals surface area contributed by atoms with Crippen molar-refractivity contribution in [2.45, 2.75) is 39.2 Å². The summed E-state index contributed by atoms with van der Waals surface area (Å²) in [5.74, 6) is 1.37. The molecule has 0 aliphatic rings. The molecule has 1 aromatic rings. The van der Waals surface area contributed by atoms with E-state index in [1.54, 1.807) is 7.11 Å². The molecule has 0 heterocycles. The molecule has 16 heavy (non-hydrogen) atoms. The molecule has 2 nitrogen and oxygen atoms in total. The van der Waals surface area contributed by atoms with Gasteiger partial charge in [0.25, 0.3) is 0 Å². The van der Waals surface area contributed by atoms with Crippen LogP contribution in [-0.2, 0) is 0 Å². The van der Waals surface area contributed by atoms with E-state index in [0.29, 0.717) is 5.92 Å². The smallest absolute Gasteiger partial charge is 0.119 e. The third-order valence-corrected chi connectivity index (χ3v) is 2.89. The molecule has 0 fully saturated rings. The van der Waals surface area contributed by atoms with E-state index in [1.807, 2.05) is 24.3 Å². The zero-order chi connectivity index (χ0) is 12.0. The number of hydrogen-bond acceptors (Lipinski definition) is 2. The van der Waals surface area contributed by atoms with Crippen molar-refractivity contribution in [1.82, 2.24) is 0 Å². The summed E-state index contributed by atoms with van der Waals surface area (Å²) in [5, 5.41) is 10.1. The average molecular weight is 222 g/mol. The van der Waals surface area contributed by atoms with Gasteiger partial charge in [0.15, 0.2) is 0 Å². The molecule has 0 bridgehead atoms. The number of rotatable bonds is 6. The fourth-order valence-electron chi connectivity index (χ4n) is 1.98. The second-order valence-corrected chi connectivity index (χ2v) is 4.42. The highest BCUT2D eigenvalue weighted by Crippen LogP contribution is 2.25. The van der Waals surface area contributed by atoms with Crippen LogP contribution in [0, 0.1) is 5.92 Å². The average Bonchev–Trinajstić information content (AvgIpc) is 2.29. The first-order valence-corrected chi connectivity index (χ1v) is 5.99. The van der Waals surface area contributed by atoms with Gasteiger partial charge in [-0.1, -0.05) is 38.8 Å². The summed E-state index contributed by atoms with van der Waals surface area (Å²) in [5.41, 5.74) is 0.947. The Balaban J connectivity index is 2.61. The van der Waals surface area contributed by atoms with Gasteiger partial charge in [0, 0.05) is 0 Å². The van der Waals surface area contributed by atoms with Crippen LogP contribution in [0.2, 0.25) is 0 Å². The molecular formula is C14H22O2. The molecule has 0 aromatic heterocycles. The van der Waals surface area contributed by atoms with E-state index < -0.39 is 0 Å². The van der Waals surface area contributed by atoms with Crippen molar-refractivity contribution in [3.05, 3.63) is 29.8 Å². The predicted molar refractivity (Wildman–Crippen MR) is 66.6 cm³/mol. The van der Waals surface area contributed by atoms with Gasteiger partial charge in [-0.3, -0.25) is 0 Å². The van der Waals surface area contributed by atoms with E-state index in [2.05, 4.69) is 13.8 Å². The monoisotopic (exact) mass is 222 g/mol. The van der Waals surface area contributed by atoms with Gasteiger partial charge >= 0.3 is 0 Å². The molecule has 0 saturated heterocycles. The summed E-state index contributed by atoms with van der Waals surface area (Å²) in [6.45, 7) is 4.36. The predicted octanol–water partition coefficient (Wildman–Crippen LogP) is 3.55. The van der Waals surface area contributed by atoms with Crippen molar-refractivity contribution in [2.75, 3.05) is 7.11 Å². The second-order valence-electron chi connectivity index (χ2n) is 4.42. The van der Waals surface area contributed by atoms with Gasteiger partial charge in [0.05, 0.1) is 13.2 Å². The fourth-order valence-corrected chi connectivity index (χ4v) is 1.98. The lowest BCUT2D eigenvalue weighted by Gasteiger charge is -2.16. The van der Waals surface area contributed by atoms with E-state index in [0.717, 1.165) is 17.7 Å². The van der Waals surface area contributed by atoms with E-state index >= 15 is 0 Å². The van der Waals surface area contributed by atoms with Crippen LogP contribution >= 0.6 is 0 Å². The Morgan fingerprint density at radius 2 is 2.12 bits per heavy atom. The highest BCUT2D eigenvalue weighted by molar-refractivity contribution is 5.29. The van der Waals surface area contributed by atoms with Crippen LogP contribution in [0.15, 0.2) is 24.3 Å². The van der Waals surface area contributed by atoms with Crippen molar-refractivity contribution in [2.24, 2.45) is 5.92 Å². The minimum Gasteiger partial charge on any atom is -0.497 e. The van der Waals surface area contributed by atoms with Crippen LogP contribution in [0.5, 0.6) is 5.75 Å². The zero-order valence-electron chi connectivity index (χ0n) is 10.4. The first kappa shape index (κ1) is 13.0. The summed E-state index contributed by atoms with van der Waals surface area (Å²) in [6, 6.07) is 7.67. The van der Waals surface area contributed by atoms with Crippen LogP contribution in [0.25, 0.3) is 0 Å². The van der Waals surface area contributed by atoms with Crippen LogP contribution < -0.4 is 4.74 Å². The molecule has 1 N–H and O–H groups in total. The highest BCUT2D eigenvalue weighted by atomic mass is 16.5. The lowest BCUT2D eigenvalue weighted by atomic mass is 9.95. The van der Waals surface area contributed by atoms with Gasteiger partial charge in [-0.25, -0.2) is 0 Å². The maximum atomic E-state index is 10.1. The van der Waals surface area contributed by atoms with Gasteiger partial charge < -0.3 is 9.84 Å². The van der Waals surface area contributed by atoms with Crippen molar-refractivity contribution < 1.29 is 9.84 Å². The molecule has 2 unspecified atom stereocenters. The minimum absolute atomic E-state index is 0.378. The molecule has 0 saturated carbocycles. The zero-order valence-corrected chi connectivity index (χ0v) is 10.4. The van der Waals surface area contributed by atoms with Gasteiger partial charge in [0.2, 0.25) is 0 Å². The normalized spacial score (nSPS) is 14.5. The third kappa shape index (κ3) is 3.86. The van der Waals surface area contributed by atoms with E-state index in [-0.39, 0.29) is 6.10 Å². The van der Waals surface area contributed by atoms with Crippen LogP contribution in [0.4, 0.5) is 0 Å². The van der Waals surface area contributed by atoms with Crippen molar-refractivity contribution >= 4 is 0 Å². The Morgan fingerprint density at radius 1 is 1.38 bits per heavy atom. The molecule has 1 rings (SSSR count). The minimum atomic E-state index is -0.378. The molecule has 0 amide bonds. The summed E-state index contributed by atoms with van der Waals surface area (Å²) >= 11 is 0. The first-order valence-electron chi connectivity index (χ1n) is 5.99. The number of aliphatic hydroxyl groups is 1. The molecule has 0 aliphatic carbocycles.